The lowest BCUT2D eigenvalue weighted by Crippen LogP contribution is -1.99. The monoisotopic (exact) mass is 249 g/mol. The van der Waals surface area contributed by atoms with Gasteiger partial charge in [0.15, 0.2) is 0 Å². The van der Waals surface area contributed by atoms with Crippen molar-refractivity contribution in [2.24, 2.45) is 0 Å². The molecule has 3 rings (SSSR count). The molecule has 94 valence electrons. The number of hydrogen-bond acceptors (Lipinski definition) is 3. The van der Waals surface area contributed by atoms with E-state index in [4.69, 9.17) is 10.7 Å². The zero-order chi connectivity index (χ0) is 13.4. The van der Waals surface area contributed by atoms with Gasteiger partial charge in [-0.25, -0.2) is 4.98 Å². The molecule has 0 atom stereocenters. The number of nitrogen functional groups attached to an aromatic ring is 1. The second kappa shape index (κ2) is 4.35. The predicted octanol–water partition coefficient (Wildman–Crippen LogP) is 3.50. The van der Waals surface area contributed by atoms with Crippen LogP contribution in [0.5, 0.6) is 0 Å². The van der Waals surface area contributed by atoms with Crippen LogP contribution in [-0.2, 0) is 0 Å². The Labute approximate surface area is 112 Å². The van der Waals surface area contributed by atoms with Crippen molar-refractivity contribution >= 4 is 16.6 Å². The topological polar surface area (TPSA) is 51.8 Å². The van der Waals surface area contributed by atoms with Crippen LogP contribution in [0.25, 0.3) is 22.2 Å². The van der Waals surface area contributed by atoms with Gasteiger partial charge in [0.25, 0.3) is 0 Å². The lowest BCUT2D eigenvalue weighted by molar-refractivity contribution is 1.25. The number of fused-ring (bicyclic) bond motifs is 1. The fourth-order valence-electron chi connectivity index (χ4n) is 2.31. The number of hydrogen-bond donors (Lipinski definition) is 1. The molecule has 0 spiro atoms. The molecule has 3 aromatic rings. The molecular weight excluding hydrogens is 234 g/mol. The van der Waals surface area contributed by atoms with E-state index in [1.54, 1.807) is 6.20 Å². The van der Waals surface area contributed by atoms with Gasteiger partial charge in [-0.05, 0) is 37.1 Å². The number of anilines is 1. The summed E-state index contributed by atoms with van der Waals surface area (Å²) in [6.07, 6.45) is 3.64. The van der Waals surface area contributed by atoms with Crippen molar-refractivity contribution in [1.29, 1.82) is 0 Å². The van der Waals surface area contributed by atoms with Crippen molar-refractivity contribution in [2.75, 3.05) is 5.73 Å². The quantitative estimate of drug-likeness (QED) is 0.718. The Morgan fingerprint density at radius 2 is 1.84 bits per heavy atom. The summed E-state index contributed by atoms with van der Waals surface area (Å²) in [4.78, 5) is 8.94. The van der Waals surface area contributed by atoms with Crippen LogP contribution in [0.15, 0.2) is 42.7 Å². The lowest BCUT2D eigenvalue weighted by Gasteiger charge is -2.12. The summed E-state index contributed by atoms with van der Waals surface area (Å²) in [5, 5.41) is 1.00. The van der Waals surface area contributed by atoms with Crippen molar-refractivity contribution in [3.63, 3.8) is 0 Å². The largest absolute Gasteiger partial charge is 0.398 e. The van der Waals surface area contributed by atoms with Crippen molar-refractivity contribution in [1.82, 2.24) is 9.97 Å². The van der Waals surface area contributed by atoms with Gasteiger partial charge < -0.3 is 5.73 Å². The van der Waals surface area contributed by atoms with E-state index in [9.17, 15) is 0 Å². The Morgan fingerprint density at radius 3 is 2.63 bits per heavy atom. The molecule has 0 aliphatic heterocycles. The van der Waals surface area contributed by atoms with Gasteiger partial charge in [-0.3, -0.25) is 4.98 Å². The summed E-state index contributed by atoms with van der Waals surface area (Å²) in [5.74, 6) is 0. The van der Waals surface area contributed by atoms with Crippen LogP contribution in [0.2, 0.25) is 0 Å². The molecule has 2 heterocycles. The van der Waals surface area contributed by atoms with Gasteiger partial charge in [0, 0.05) is 29.0 Å². The number of rotatable bonds is 1. The van der Waals surface area contributed by atoms with Crippen LogP contribution in [0.1, 0.15) is 11.1 Å². The number of para-hydroxylation sites is 1. The smallest absolute Gasteiger partial charge is 0.0777 e. The van der Waals surface area contributed by atoms with E-state index in [1.807, 2.05) is 43.5 Å². The molecule has 0 saturated carbocycles. The second-order valence-corrected chi connectivity index (χ2v) is 4.71. The van der Waals surface area contributed by atoms with Crippen LogP contribution >= 0.6 is 0 Å². The third kappa shape index (κ3) is 1.83. The normalized spacial score (nSPS) is 10.8. The van der Waals surface area contributed by atoms with Gasteiger partial charge in [-0.2, -0.15) is 0 Å². The molecule has 0 radical (unpaired) electrons. The van der Waals surface area contributed by atoms with Crippen LogP contribution in [-0.4, -0.2) is 9.97 Å². The van der Waals surface area contributed by atoms with E-state index in [1.165, 1.54) is 0 Å². The zero-order valence-electron chi connectivity index (χ0n) is 11.0. The number of nitrogens with zero attached hydrogens (tertiary/aromatic N) is 2. The number of nitrogens with two attached hydrogens (primary N) is 1. The molecule has 1 aromatic carbocycles. The SMILES string of the molecule is Cc1ccncc1-c1nc2ccccc2c(N)c1C. The molecule has 0 unspecified atom stereocenters. The standard InChI is InChI=1S/C16H15N3/c1-10-7-8-18-9-13(10)16-11(2)15(17)12-5-3-4-6-14(12)19-16/h3-9H,1-2H3,(H2,17,19). The molecule has 19 heavy (non-hydrogen) atoms. The molecule has 3 heteroatoms. The summed E-state index contributed by atoms with van der Waals surface area (Å²) in [5.41, 5.74) is 12.1. The molecule has 0 amide bonds. The summed E-state index contributed by atoms with van der Waals surface area (Å²) in [6.45, 7) is 4.07. The molecule has 0 aliphatic carbocycles. The molecule has 2 N–H and O–H groups in total. The van der Waals surface area contributed by atoms with Crippen molar-refractivity contribution in [3.05, 3.63) is 53.9 Å². The summed E-state index contributed by atoms with van der Waals surface area (Å²) < 4.78 is 0. The van der Waals surface area contributed by atoms with E-state index < -0.39 is 0 Å². The molecular formula is C16H15N3. The molecule has 3 nitrogen and oxygen atoms in total. The summed E-state index contributed by atoms with van der Waals surface area (Å²) >= 11 is 0. The fraction of sp³-hybridized carbons (Fsp3) is 0.125. The summed E-state index contributed by atoms with van der Waals surface area (Å²) in [6, 6.07) is 9.94. The average Bonchev–Trinajstić information content (AvgIpc) is 2.44. The minimum atomic E-state index is 0.795. The third-order valence-corrected chi connectivity index (χ3v) is 3.48. The Bertz CT molecular complexity index is 763. The van der Waals surface area contributed by atoms with Gasteiger partial charge in [0.1, 0.15) is 0 Å². The van der Waals surface area contributed by atoms with Crippen LogP contribution in [0.4, 0.5) is 5.69 Å². The Kier molecular flexibility index (Phi) is 2.67. The molecule has 2 aromatic heterocycles. The number of aromatic nitrogens is 2. The van der Waals surface area contributed by atoms with Crippen LogP contribution < -0.4 is 5.73 Å². The number of benzene rings is 1. The van der Waals surface area contributed by atoms with Gasteiger partial charge in [-0.1, -0.05) is 18.2 Å². The number of aryl methyl sites for hydroxylation is 1. The van der Waals surface area contributed by atoms with E-state index >= 15 is 0 Å². The van der Waals surface area contributed by atoms with Gasteiger partial charge in [0.2, 0.25) is 0 Å². The zero-order valence-corrected chi connectivity index (χ0v) is 11.0. The van der Waals surface area contributed by atoms with Gasteiger partial charge in [-0.15, -0.1) is 0 Å². The first-order valence-electron chi connectivity index (χ1n) is 6.24. The van der Waals surface area contributed by atoms with E-state index in [0.29, 0.717) is 0 Å². The first-order valence-corrected chi connectivity index (χ1v) is 6.24. The van der Waals surface area contributed by atoms with Crippen LogP contribution in [0.3, 0.4) is 0 Å². The van der Waals surface area contributed by atoms with Crippen molar-refractivity contribution < 1.29 is 0 Å². The molecule has 0 saturated heterocycles. The van der Waals surface area contributed by atoms with Crippen molar-refractivity contribution in [2.45, 2.75) is 13.8 Å². The minimum Gasteiger partial charge on any atom is -0.398 e. The maximum absolute atomic E-state index is 6.25. The Balaban J connectivity index is 2.37. The maximum atomic E-state index is 6.25. The first kappa shape index (κ1) is 11.7. The lowest BCUT2D eigenvalue weighted by atomic mass is 10.0. The van der Waals surface area contributed by atoms with Gasteiger partial charge >= 0.3 is 0 Å². The fourth-order valence-corrected chi connectivity index (χ4v) is 2.31. The molecule has 0 aliphatic rings. The average molecular weight is 249 g/mol. The Hall–Kier alpha value is -2.42. The first-order chi connectivity index (χ1) is 9.18. The van der Waals surface area contributed by atoms with E-state index in [0.717, 1.165) is 39.0 Å². The predicted molar refractivity (Wildman–Crippen MR) is 78.9 cm³/mol. The highest BCUT2D eigenvalue weighted by Crippen LogP contribution is 2.32. The molecule has 0 bridgehead atoms. The minimum absolute atomic E-state index is 0.795. The third-order valence-electron chi connectivity index (χ3n) is 3.48. The van der Waals surface area contributed by atoms with E-state index in [-0.39, 0.29) is 0 Å². The number of pyridine rings is 2. The highest BCUT2D eigenvalue weighted by atomic mass is 14.7. The highest BCUT2D eigenvalue weighted by molar-refractivity contribution is 5.95. The van der Waals surface area contributed by atoms with Crippen molar-refractivity contribution in [3.8, 4) is 11.3 Å². The van der Waals surface area contributed by atoms with Crippen LogP contribution in [0, 0.1) is 13.8 Å². The van der Waals surface area contributed by atoms with E-state index in [2.05, 4.69) is 11.9 Å². The maximum Gasteiger partial charge on any atom is 0.0777 e. The molecule has 0 fully saturated rings. The summed E-state index contributed by atoms with van der Waals surface area (Å²) in [7, 11) is 0. The highest BCUT2D eigenvalue weighted by Gasteiger charge is 2.12. The Morgan fingerprint density at radius 1 is 1.05 bits per heavy atom. The van der Waals surface area contributed by atoms with Gasteiger partial charge in [0.05, 0.1) is 11.2 Å². The second-order valence-electron chi connectivity index (χ2n) is 4.71.